The van der Waals surface area contributed by atoms with Crippen LogP contribution in [0.3, 0.4) is 0 Å². The Morgan fingerprint density at radius 2 is 1.87 bits per heavy atom. The zero-order valence-electron chi connectivity index (χ0n) is 16.9. The summed E-state index contributed by atoms with van der Waals surface area (Å²) in [5, 5.41) is 10.9. The predicted molar refractivity (Wildman–Crippen MR) is 109 cm³/mol. The lowest BCUT2D eigenvalue weighted by Gasteiger charge is -2.38. The van der Waals surface area contributed by atoms with Crippen molar-refractivity contribution in [2.24, 2.45) is 0 Å². The average Bonchev–Trinajstić information content (AvgIpc) is 3.06. The van der Waals surface area contributed by atoms with Gasteiger partial charge in [0.1, 0.15) is 0 Å². The first-order valence-electron chi connectivity index (χ1n) is 10.1. The van der Waals surface area contributed by atoms with Crippen molar-refractivity contribution in [3.05, 3.63) is 39.4 Å². The fourth-order valence-corrected chi connectivity index (χ4v) is 6.04. The Bertz CT molecular complexity index is 938. The van der Waals surface area contributed by atoms with Crippen LogP contribution in [0.4, 0.5) is 5.69 Å². The molecule has 2 fully saturated rings. The van der Waals surface area contributed by atoms with Crippen molar-refractivity contribution in [1.29, 1.82) is 0 Å². The van der Waals surface area contributed by atoms with Crippen molar-refractivity contribution in [2.75, 3.05) is 18.1 Å². The number of ether oxygens (including phenoxy) is 1. The number of hydrogen-bond donors (Lipinski definition) is 0. The number of amides is 1. The Labute approximate surface area is 175 Å². The minimum atomic E-state index is -3.16. The van der Waals surface area contributed by atoms with Gasteiger partial charge in [0.05, 0.1) is 22.0 Å². The van der Waals surface area contributed by atoms with Crippen LogP contribution in [0.25, 0.3) is 0 Å². The van der Waals surface area contributed by atoms with Gasteiger partial charge in [0.25, 0.3) is 11.6 Å². The highest BCUT2D eigenvalue weighted by Crippen LogP contribution is 2.28. The molecular formula is C20H26N2O7S. The second kappa shape index (κ2) is 9.11. The summed E-state index contributed by atoms with van der Waals surface area (Å²) < 4.78 is 29.1. The molecule has 2 aliphatic rings. The summed E-state index contributed by atoms with van der Waals surface area (Å²) >= 11 is 0. The van der Waals surface area contributed by atoms with E-state index >= 15 is 0 Å². The molecule has 1 saturated heterocycles. The van der Waals surface area contributed by atoms with Gasteiger partial charge in [-0.25, -0.2) is 13.2 Å². The van der Waals surface area contributed by atoms with Gasteiger partial charge >= 0.3 is 5.97 Å². The second-order valence-corrected chi connectivity index (χ2v) is 10.2. The lowest BCUT2D eigenvalue weighted by molar-refractivity contribution is -0.385. The molecule has 1 saturated carbocycles. The Morgan fingerprint density at radius 1 is 1.17 bits per heavy atom. The molecule has 0 bridgehead atoms. The van der Waals surface area contributed by atoms with Gasteiger partial charge in [-0.2, -0.15) is 0 Å². The van der Waals surface area contributed by atoms with Crippen LogP contribution in [0.15, 0.2) is 18.2 Å². The van der Waals surface area contributed by atoms with Gasteiger partial charge in [-0.1, -0.05) is 19.3 Å². The third-order valence-electron chi connectivity index (χ3n) is 5.81. The van der Waals surface area contributed by atoms with Crippen LogP contribution >= 0.6 is 0 Å². The zero-order valence-corrected chi connectivity index (χ0v) is 17.7. The van der Waals surface area contributed by atoms with E-state index in [-0.39, 0.29) is 34.8 Å². The van der Waals surface area contributed by atoms with Crippen LogP contribution in [0.5, 0.6) is 0 Å². The lowest BCUT2D eigenvalue weighted by Crippen LogP contribution is -2.50. The molecule has 0 aromatic heterocycles. The molecule has 1 aliphatic carbocycles. The second-order valence-electron chi connectivity index (χ2n) is 7.98. The molecule has 1 heterocycles. The molecule has 9 nitrogen and oxygen atoms in total. The molecule has 0 N–H and O–H groups in total. The van der Waals surface area contributed by atoms with E-state index in [1.807, 2.05) is 0 Å². The largest absolute Gasteiger partial charge is 0.452 e. The van der Waals surface area contributed by atoms with Crippen LogP contribution in [0, 0.1) is 17.0 Å². The number of benzene rings is 1. The monoisotopic (exact) mass is 438 g/mol. The minimum absolute atomic E-state index is 0.0372. The Morgan fingerprint density at radius 3 is 2.43 bits per heavy atom. The van der Waals surface area contributed by atoms with Gasteiger partial charge in [0.15, 0.2) is 16.4 Å². The highest BCUT2D eigenvalue weighted by Gasteiger charge is 2.38. The van der Waals surface area contributed by atoms with Crippen molar-refractivity contribution in [1.82, 2.24) is 4.90 Å². The SMILES string of the molecule is Cc1cc(C(=O)OCC(=O)N(C2CCCCC2)[C@@H]2CCS(=O)(=O)C2)ccc1[N+](=O)[O-]. The number of carbonyl (C=O) groups is 2. The van der Waals surface area contributed by atoms with Crippen LogP contribution in [-0.4, -0.2) is 60.3 Å². The van der Waals surface area contributed by atoms with Gasteiger partial charge < -0.3 is 9.64 Å². The molecule has 1 aromatic rings. The third-order valence-corrected chi connectivity index (χ3v) is 7.56. The maximum atomic E-state index is 13.0. The summed E-state index contributed by atoms with van der Waals surface area (Å²) in [7, 11) is -3.16. The van der Waals surface area contributed by atoms with Crippen molar-refractivity contribution < 1.29 is 27.7 Å². The summed E-state index contributed by atoms with van der Waals surface area (Å²) in [5.74, 6) is -1.12. The summed E-state index contributed by atoms with van der Waals surface area (Å²) in [6.45, 7) is 1.04. The number of aryl methyl sites for hydroxylation is 1. The highest BCUT2D eigenvalue weighted by atomic mass is 32.2. The number of sulfone groups is 1. The molecule has 3 rings (SSSR count). The molecular weight excluding hydrogens is 412 g/mol. The number of nitro benzene ring substituents is 1. The number of hydrogen-bond acceptors (Lipinski definition) is 7. The summed E-state index contributed by atoms with van der Waals surface area (Å²) in [4.78, 5) is 37.3. The van der Waals surface area contributed by atoms with Gasteiger partial charge in [-0.3, -0.25) is 14.9 Å². The fraction of sp³-hybridized carbons (Fsp3) is 0.600. The van der Waals surface area contributed by atoms with E-state index < -0.39 is 33.2 Å². The number of nitro groups is 1. The predicted octanol–water partition coefficient (Wildman–Crippen LogP) is 2.41. The molecule has 164 valence electrons. The van der Waals surface area contributed by atoms with E-state index in [1.54, 1.807) is 4.90 Å². The molecule has 0 unspecified atom stereocenters. The van der Waals surface area contributed by atoms with E-state index in [0.717, 1.165) is 32.1 Å². The van der Waals surface area contributed by atoms with E-state index in [2.05, 4.69) is 0 Å². The Balaban J connectivity index is 1.68. The maximum Gasteiger partial charge on any atom is 0.338 e. The minimum Gasteiger partial charge on any atom is -0.452 e. The normalized spacial score (nSPS) is 21.2. The Hall–Kier alpha value is -2.49. The number of rotatable bonds is 6. The van der Waals surface area contributed by atoms with Crippen molar-refractivity contribution >= 4 is 27.4 Å². The van der Waals surface area contributed by atoms with Gasteiger partial charge in [-0.15, -0.1) is 0 Å². The van der Waals surface area contributed by atoms with E-state index in [4.69, 9.17) is 4.74 Å². The van der Waals surface area contributed by atoms with Crippen LogP contribution < -0.4 is 0 Å². The topological polar surface area (TPSA) is 124 Å². The van der Waals surface area contributed by atoms with Gasteiger partial charge in [0.2, 0.25) is 0 Å². The van der Waals surface area contributed by atoms with E-state index in [0.29, 0.717) is 12.0 Å². The summed E-state index contributed by atoms with van der Waals surface area (Å²) in [5.41, 5.74) is 0.341. The molecule has 0 radical (unpaired) electrons. The highest BCUT2D eigenvalue weighted by molar-refractivity contribution is 7.91. The molecule has 10 heteroatoms. The van der Waals surface area contributed by atoms with Gasteiger partial charge in [-0.05, 0) is 38.3 Å². The first kappa shape index (κ1) is 22.2. The van der Waals surface area contributed by atoms with Crippen molar-refractivity contribution in [3.8, 4) is 0 Å². The first-order chi connectivity index (χ1) is 14.2. The molecule has 0 spiro atoms. The zero-order chi connectivity index (χ0) is 21.9. The van der Waals surface area contributed by atoms with Crippen LogP contribution in [0.2, 0.25) is 0 Å². The number of esters is 1. The summed E-state index contributed by atoms with van der Waals surface area (Å²) in [6, 6.07) is 3.45. The number of carbonyl (C=O) groups excluding carboxylic acids is 2. The van der Waals surface area contributed by atoms with Crippen molar-refractivity contribution in [3.63, 3.8) is 0 Å². The standard InChI is InChI=1S/C20H26N2O7S/c1-14-11-15(7-8-18(14)22(25)26)20(24)29-12-19(23)21(16-5-3-2-4-6-16)17-9-10-30(27,28)13-17/h7-8,11,16-17H,2-6,9-10,12-13H2,1H3/t17-/m1/s1. The molecule has 1 aliphatic heterocycles. The van der Waals surface area contributed by atoms with Gasteiger partial charge in [0, 0.05) is 23.7 Å². The average molecular weight is 439 g/mol. The molecule has 1 amide bonds. The lowest BCUT2D eigenvalue weighted by atomic mass is 9.93. The fourth-order valence-electron chi connectivity index (χ4n) is 4.33. The van der Waals surface area contributed by atoms with Crippen LogP contribution in [0.1, 0.15) is 54.4 Å². The molecule has 30 heavy (non-hydrogen) atoms. The quantitative estimate of drug-likeness (QED) is 0.379. The molecule has 1 aromatic carbocycles. The Kier molecular flexibility index (Phi) is 6.74. The van der Waals surface area contributed by atoms with E-state index in [1.165, 1.54) is 25.1 Å². The summed E-state index contributed by atoms with van der Waals surface area (Å²) in [6.07, 6.45) is 5.09. The van der Waals surface area contributed by atoms with Crippen molar-refractivity contribution in [2.45, 2.75) is 57.5 Å². The molecule has 1 atom stereocenters. The van der Waals surface area contributed by atoms with Crippen LogP contribution in [-0.2, 0) is 19.4 Å². The smallest absolute Gasteiger partial charge is 0.338 e. The first-order valence-corrected chi connectivity index (χ1v) is 11.9. The number of nitrogens with zero attached hydrogens (tertiary/aromatic N) is 2. The third kappa shape index (κ3) is 5.16. The maximum absolute atomic E-state index is 13.0. The van der Waals surface area contributed by atoms with E-state index in [9.17, 15) is 28.1 Å².